The molecule has 0 radical (unpaired) electrons. The summed E-state index contributed by atoms with van der Waals surface area (Å²) in [5.74, 6) is -4.78. The fourth-order valence-electron chi connectivity index (χ4n) is 1.64. The lowest BCUT2D eigenvalue weighted by molar-refractivity contribution is -0.271. The molecule has 0 saturated carbocycles. The minimum atomic E-state index is -1.30. The number of carbonyl (C=O) groups is 4. The molecular formula is C14H22O9. The predicted octanol–water partition coefficient (Wildman–Crippen LogP) is 0.688. The second-order valence-electron chi connectivity index (χ2n) is 5.07. The standard InChI is InChI=1S/C14H22O9/c1-6-19-10(15)11(16)21-9(3)8-14(4,5)22-12(17)13(18)23-20-7-2/h9H,6-8H2,1-5H3. The minimum Gasteiger partial charge on any atom is -0.458 e. The maximum atomic E-state index is 11.5. The van der Waals surface area contributed by atoms with Crippen molar-refractivity contribution in [1.29, 1.82) is 0 Å². The van der Waals surface area contributed by atoms with Crippen molar-refractivity contribution in [2.24, 2.45) is 0 Å². The van der Waals surface area contributed by atoms with Crippen LogP contribution in [0.5, 0.6) is 0 Å². The molecular weight excluding hydrogens is 312 g/mol. The zero-order valence-corrected chi connectivity index (χ0v) is 13.9. The Labute approximate surface area is 134 Å². The summed E-state index contributed by atoms with van der Waals surface area (Å²) < 4.78 is 14.3. The topological polar surface area (TPSA) is 114 Å². The Morgan fingerprint density at radius 1 is 0.913 bits per heavy atom. The first-order chi connectivity index (χ1) is 10.6. The molecule has 9 nitrogen and oxygen atoms in total. The highest BCUT2D eigenvalue weighted by Gasteiger charge is 2.32. The van der Waals surface area contributed by atoms with Crippen LogP contribution in [0.4, 0.5) is 0 Å². The second kappa shape index (κ2) is 9.78. The Bertz CT molecular complexity index is 442. The number of esters is 3. The molecule has 0 aliphatic rings. The highest BCUT2D eigenvalue weighted by atomic mass is 17.2. The molecule has 0 aromatic rings. The first-order valence-electron chi connectivity index (χ1n) is 7.07. The summed E-state index contributed by atoms with van der Waals surface area (Å²) in [7, 11) is 0. The van der Waals surface area contributed by atoms with Gasteiger partial charge in [-0.25, -0.2) is 19.2 Å². The van der Waals surface area contributed by atoms with E-state index < -0.39 is 35.6 Å². The molecule has 0 aliphatic heterocycles. The summed E-state index contributed by atoms with van der Waals surface area (Å²) in [6.07, 6.45) is -0.705. The van der Waals surface area contributed by atoms with Gasteiger partial charge in [-0.15, -0.1) is 0 Å². The van der Waals surface area contributed by atoms with E-state index in [2.05, 4.69) is 14.5 Å². The van der Waals surface area contributed by atoms with Gasteiger partial charge in [-0.05, 0) is 34.6 Å². The van der Waals surface area contributed by atoms with E-state index in [1.165, 1.54) is 20.8 Å². The summed E-state index contributed by atoms with van der Waals surface area (Å²) in [4.78, 5) is 53.8. The molecule has 0 amide bonds. The number of hydrogen-bond acceptors (Lipinski definition) is 9. The maximum Gasteiger partial charge on any atom is 0.449 e. The largest absolute Gasteiger partial charge is 0.458 e. The van der Waals surface area contributed by atoms with E-state index in [1.807, 2.05) is 0 Å². The first kappa shape index (κ1) is 20.8. The fraction of sp³-hybridized carbons (Fsp3) is 0.714. The lowest BCUT2D eigenvalue weighted by atomic mass is 10.0. The molecule has 0 bridgehead atoms. The molecule has 0 aliphatic carbocycles. The highest BCUT2D eigenvalue weighted by molar-refractivity contribution is 6.30. The molecule has 0 heterocycles. The minimum absolute atomic E-state index is 0.0474. The van der Waals surface area contributed by atoms with Gasteiger partial charge in [-0.2, -0.15) is 4.89 Å². The Morgan fingerprint density at radius 3 is 2.04 bits per heavy atom. The van der Waals surface area contributed by atoms with E-state index in [4.69, 9.17) is 9.47 Å². The predicted molar refractivity (Wildman–Crippen MR) is 74.7 cm³/mol. The molecule has 0 rings (SSSR count). The lowest BCUT2D eigenvalue weighted by Gasteiger charge is -2.27. The van der Waals surface area contributed by atoms with Crippen molar-refractivity contribution in [1.82, 2.24) is 0 Å². The van der Waals surface area contributed by atoms with Crippen LogP contribution in [0.2, 0.25) is 0 Å². The monoisotopic (exact) mass is 334 g/mol. The summed E-state index contributed by atoms with van der Waals surface area (Å²) in [5.41, 5.74) is -1.14. The van der Waals surface area contributed by atoms with Crippen molar-refractivity contribution in [3.8, 4) is 0 Å². The molecule has 1 unspecified atom stereocenters. The van der Waals surface area contributed by atoms with Crippen LogP contribution in [0.25, 0.3) is 0 Å². The van der Waals surface area contributed by atoms with Crippen LogP contribution in [-0.2, 0) is 43.2 Å². The zero-order chi connectivity index (χ0) is 18.0. The van der Waals surface area contributed by atoms with Crippen molar-refractivity contribution >= 4 is 23.9 Å². The molecule has 0 spiro atoms. The molecule has 132 valence electrons. The van der Waals surface area contributed by atoms with Crippen LogP contribution in [0.1, 0.15) is 41.0 Å². The third-order valence-electron chi connectivity index (χ3n) is 2.32. The van der Waals surface area contributed by atoms with Crippen LogP contribution in [0, 0.1) is 0 Å². The molecule has 0 saturated heterocycles. The van der Waals surface area contributed by atoms with Gasteiger partial charge in [-0.3, -0.25) is 4.89 Å². The second-order valence-corrected chi connectivity index (χ2v) is 5.07. The maximum absolute atomic E-state index is 11.5. The Hall–Kier alpha value is -2.16. The van der Waals surface area contributed by atoms with Crippen LogP contribution < -0.4 is 0 Å². The van der Waals surface area contributed by atoms with Crippen LogP contribution in [0.15, 0.2) is 0 Å². The lowest BCUT2D eigenvalue weighted by Crippen LogP contribution is -2.37. The van der Waals surface area contributed by atoms with E-state index in [0.717, 1.165) is 0 Å². The molecule has 0 fully saturated rings. The van der Waals surface area contributed by atoms with Gasteiger partial charge in [0.15, 0.2) is 0 Å². The molecule has 0 N–H and O–H groups in total. The van der Waals surface area contributed by atoms with E-state index >= 15 is 0 Å². The van der Waals surface area contributed by atoms with Gasteiger partial charge < -0.3 is 14.2 Å². The third kappa shape index (κ3) is 8.77. The van der Waals surface area contributed by atoms with Crippen LogP contribution in [-0.4, -0.2) is 48.8 Å². The molecule has 9 heteroatoms. The van der Waals surface area contributed by atoms with Crippen LogP contribution >= 0.6 is 0 Å². The molecule has 0 aromatic carbocycles. The average Bonchev–Trinajstić information content (AvgIpc) is 2.43. The first-order valence-corrected chi connectivity index (χ1v) is 7.07. The quantitative estimate of drug-likeness (QED) is 0.218. The normalized spacial score (nSPS) is 12.0. The Morgan fingerprint density at radius 2 is 1.52 bits per heavy atom. The Kier molecular flexibility index (Phi) is 8.86. The number of rotatable bonds is 7. The van der Waals surface area contributed by atoms with Gasteiger partial charge in [0, 0.05) is 6.42 Å². The van der Waals surface area contributed by atoms with Crippen molar-refractivity contribution < 1.29 is 43.2 Å². The summed E-state index contributed by atoms with van der Waals surface area (Å²) in [5, 5.41) is 0. The Balaban J connectivity index is 4.44. The van der Waals surface area contributed by atoms with E-state index in [0.29, 0.717) is 0 Å². The fourth-order valence-corrected chi connectivity index (χ4v) is 1.64. The van der Waals surface area contributed by atoms with Crippen LogP contribution in [0.3, 0.4) is 0 Å². The van der Waals surface area contributed by atoms with Gasteiger partial charge in [0.2, 0.25) is 0 Å². The summed E-state index contributed by atoms with van der Waals surface area (Å²) in [6.45, 7) is 7.78. The van der Waals surface area contributed by atoms with Gasteiger partial charge in [0.1, 0.15) is 11.7 Å². The van der Waals surface area contributed by atoms with Crippen molar-refractivity contribution in [2.75, 3.05) is 13.2 Å². The number of ether oxygens (including phenoxy) is 3. The van der Waals surface area contributed by atoms with E-state index in [9.17, 15) is 19.2 Å². The smallest absolute Gasteiger partial charge is 0.449 e. The average molecular weight is 334 g/mol. The summed E-state index contributed by atoms with van der Waals surface area (Å²) >= 11 is 0. The summed E-state index contributed by atoms with van der Waals surface area (Å²) in [6, 6.07) is 0. The molecule has 1 atom stereocenters. The molecule has 23 heavy (non-hydrogen) atoms. The zero-order valence-electron chi connectivity index (χ0n) is 13.9. The highest BCUT2D eigenvalue weighted by Crippen LogP contribution is 2.19. The number of hydrogen-bond donors (Lipinski definition) is 0. The number of carbonyl (C=O) groups excluding carboxylic acids is 4. The van der Waals surface area contributed by atoms with Gasteiger partial charge >= 0.3 is 23.9 Å². The van der Waals surface area contributed by atoms with E-state index in [1.54, 1.807) is 13.8 Å². The van der Waals surface area contributed by atoms with E-state index in [-0.39, 0.29) is 19.6 Å². The van der Waals surface area contributed by atoms with Gasteiger partial charge in [-0.1, -0.05) is 0 Å². The van der Waals surface area contributed by atoms with Gasteiger partial charge in [0.05, 0.1) is 13.2 Å². The third-order valence-corrected chi connectivity index (χ3v) is 2.32. The van der Waals surface area contributed by atoms with Crippen molar-refractivity contribution in [3.63, 3.8) is 0 Å². The SMILES string of the molecule is CCOOC(=O)C(=O)OC(C)(C)CC(C)OC(=O)C(=O)OCC. The van der Waals surface area contributed by atoms with Crippen molar-refractivity contribution in [3.05, 3.63) is 0 Å². The molecule has 0 aromatic heterocycles. The van der Waals surface area contributed by atoms with Gasteiger partial charge in [0.25, 0.3) is 0 Å². The van der Waals surface area contributed by atoms with Crippen molar-refractivity contribution in [2.45, 2.75) is 52.7 Å².